The van der Waals surface area contributed by atoms with Crippen molar-refractivity contribution in [3.63, 3.8) is 0 Å². The fraction of sp³-hybridized carbons (Fsp3) is 0.350. The number of aliphatic hydroxyl groups excluding tert-OH is 1. The van der Waals surface area contributed by atoms with Gasteiger partial charge in [0.05, 0.1) is 24.8 Å². The third kappa shape index (κ3) is 4.37. The van der Waals surface area contributed by atoms with Crippen LogP contribution in [0.5, 0.6) is 0 Å². The van der Waals surface area contributed by atoms with Crippen LogP contribution in [0.2, 0.25) is 5.02 Å². The monoisotopic (exact) mass is 499 g/mol. The average Bonchev–Trinajstić information content (AvgIpc) is 3.42. The highest BCUT2D eigenvalue weighted by molar-refractivity contribution is 7.89. The van der Waals surface area contributed by atoms with Crippen molar-refractivity contribution in [1.29, 1.82) is 0 Å². The van der Waals surface area contributed by atoms with Crippen LogP contribution in [0.3, 0.4) is 0 Å². The summed E-state index contributed by atoms with van der Waals surface area (Å²) in [7, 11) is -4.20. The Hall–Kier alpha value is -2.83. The Morgan fingerprint density at radius 2 is 1.94 bits per heavy atom. The third-order valence-electron chi connectivity index (χ3n) is 5.35. The van der Waals surface area contributed by atoms with Gasteiger partial charge in [0.1, 0.15) is 6.54 Å². The molecule has 13 heteroatoms. The summed E-state index contributed by atoms with van der Waals surface area (Å²) in [6.07, 6.45) is -0.154. The number of fused-ring (bicyclic) bond motifs is 1. The molecular formula is C20H20ClF2N5O4S. The lowest BCUT2D eigenvalue weighted by atomic mass is 9.98. The van der Waals surface area contributed by atoms with Crippen molar-refractivity contribution in [2.24, 2.45) is 0 Å². The largest absolute Gasteiger partial charge is 0.395 e. The minimum absolute atomic E-state index is 0.0520. The Kier molecular flexibility index (Phi) is 6.25. The fourth-order valence-corrected chi connectivity index (χ4v) is 5.36. The van der Waals surface area contributed by atoms with Crippen LogP contribution in [0, 0.1) is 6.92 Å². The van der Waals surface area contributed by atoms with E-state index in [9.17, 15) is 27.1 Å². The Labute approximate surface area is 193 Å². The Morgan fingerprint density at radius 3 is 2.58 bits per heavy atom. The zero-order valence-corrected chi connectivity index (χ0v) is 19.0. The quantitative estimate of drug-likeness (QED) is 0.533. The maximum absolute atomic E-state index is 13.0. The summed E-state index contributed by atoms with van der Waals surface area (Å²) in [5.41, 5.74) is 1.62. The molecule has 33 heavy (non-hydrogen) atoms. The van der Waals surface area contributed by atoms with Crippen molar-refractivity contribution in [1.82, 2.24) is 23.9 Å². The summed E-state index contributed by atoms with van der Waals surface area (Å²) in [5, 5.41) is 17.7. The van der Waals surface area contributed by atoms with E-state index in [1.165, 1.54) is 24.2 Å². The molecule has 3 aromatic rings. The number of halogens is 3. The topological polar surface area (TPSA) is 110 Å². The summed E-state index contributed by atoms with van der Waals surface area (Å²) in [4.78, 5) is 14.5. The molecule has 2 aromatic heterocycles. The molecule has 0 bridgehead atoms. The van der Waals surface area contributed by atoms with Gasteiger partial charge in [-0.05, 0) is 18.6 Å². The van der Waals surface area contributed by atoms with Gasteiger partial charge in [-0.25, -0.2) is 8.78 Å². The number of hydrogen-bond donors (Lipinski definition) is 1. The molecular weight excluding hydrogens is 480 g/mol. The lowest BCUT2D eigenvalue weighted by Gasteiger charge is -2.22. The minimum atomic E-state index is -4.20. The van der Waals surface area contributed by atoms with Gasteiger partial charge in [-0.3, -0.25) is 9.48 Å². The third-order valence-corrected chi connectivity index (χ3v) is 7.26. The number of aryl methyl sites for hydroxylation is 1. The first-order chi connectivity index (χ1) is 15.6. The van der Waals surface area contributed by atoms with E-state index in [1.54, 1.807) is 24.3 Å². The maximum Gasteiger partial charge on any atom is 0.302 e. The number of rotatable bonds is 7. The van der Waals surface area contributed by atoms with Crippen LogP contribution in [0.4, 0.5) is 8.78 Å². The molecule has 1 N–H and O–H groups in total. The molecule has 1 atom stereocenters. The van der Waals surface area contributed by atoms with Crippen LogP contribution in [0.25, 0.3) is 0 Å². The van der Waals surface area contributed by atoms with Gasteiger partial charge in [0, 0.05) is 35.1 Å². The van der Waals surface area contributed by atoms with Crippen LogP contribution in [-0.2, 0) is 34.5 Å². The Morgan fingerprint density at radius 1 is 1.21 bits per heavy atom. The molecule has 1 aromatic carbocycles. The van der Waals surface area contributed by atoms with Gasteiger partial charge in [0.25, 0.3) is 6.43 Å². The van der Waals surface area contributed by atoms with E-state index < -0.39 is 35.5 Å². The Bertz CT molecular complexity index is 1280. The van der Waals surface area contributed by atoms with E-state index in [0.29, 0.717) is 21.8 Å². The molecule has 0 unspecified atom stereocenters. The molecule has 0 aliphatic carbocycles. The van der Waals surface area contributed by atoms with Gasteiger partial charge in [0.2, 0.25) is 10.9 Å². The van der Waals surface area contributed by atoms with Gasteiger partial charge in [-0.15, -0.1) is 0 Å². The molecule has 1 amide bonds. The lowest BCUT2D eigenvalue weighted by Crippen LogP contribution is -2.33. The van der Waals surface area contributed by atoms with Crippen molar-refractivity contribution >= 4 is 27.5 Å². The van der Waals surface area contributed by atoms with Crippen LogP contribution in [-0.4, -0.2) is 56.3 Å². The first-order valence-electron chi connectivity index (χ1n) is 9.91. The van der Waals surface area contributed by atoms with Gasteiger partial charge < -0.3 is 10.0 Å². The van der Waals surface area contributed by atoms with Gasteiger partial charge in [-0.2, -0.15) is 22.7 Å². The standard InChI is InChI=1S/C20H20ClF2N5O4S/c1-12-6-27(10-18(22)23)25-19(12)33(31,32)28-8-13-7-26(9-17(13)24-28)20(30)15(11-29)14-4-2-3-5-16(14)21/h2-6,8,15,18,29H,7,9-11H2,1H3/t15-/m1/s1. The Balaban J connectivity index is 1.54. The van der Waals surface area contributed by atoms with Crippen molar-refractivity contribution in [3.8, 4) is 0 Å². The van der Waals surface area contributed by atoms with Crippen molar-refractivity contribution in [2.75, 3.05) is 6.61 Å². The smallest absolute Gasteiger partial charge is 0.302 e. The van der Waals surface area contributed by atoms with Crippen LogP contribution < -0.4 is 0 Å². The number of nitrogens with zero attached hydrogens (tertiary/aromatic N) is 5. The molecule has 3 heterocycles. The second-order valence-electron chi connectivity index (χ2n) is 7.66. The fourth-order valence-electron chi connectivity index (χ4n) is 3.78. The highest BCUT2D eigenvalue weighted by atomic mass is 35.5. The number of aliphatic hydroxyl groups is 1. The SMILES string of the molecule is Cc1cn(CC(F)F)nc1S(=O)(=O)n1cc2c(n1)CN(C(=O)[C@H](CO)c1ccccc1Cl)C2. The summed E-state index contributed by atoms with van der Waals surface area (Å²) in [5.74, 6) is -1.22. The summed E-state index contributed by atoms with van der Waals surface area (Å²) < 4.78 is 52.8. The van der Waals surface area contributed by atoms with Crippen LogP contribution >= 0.6 is 11.6 Å². The predicted molar refractivity (Wildman–Crippen MR) is 113 cm³/mol. The summed E-state index contributed by atoms with van der Waals surface area (Å²) >= 11 is 6.17. The number of aromatic nitrogens is 4. The van der Waals surface area contributed by atoms with E-state index in [4.69, 9.17) is 11.6 Å². The van der Waals surface area contributed by atoms with E-state index in [0.717, 1.165) is 8.77 Å². The molecule has 0 spiro atoms. The number of carbonyl (C=O) groups excluding carboxylic acids is 1. The maximum atomic E-state index is 13.0. The predicted octanol–water partition coefficient (Wildman–Crippen LogP) is 2.16. The van der Waals surface area contributed by atoms with E-state index >= 15 is 0 Å². The molecule has 9 nitrogen and oxygen atoms in total. The lowest BCUT2D eigenvalue weighted by molar-refractivity contribution is -0.134. The highest BCUT2D eigenvalue weighted by Gasteiger charge is 2.34. The summed E-state index contributed by atoms with van der Waals surface area (Å²) in [6, 6.07) is 6.73. The number of carbonyl (C=O) groups is 1. The van der Waals surface area contributed by atoms with Crippen LogP contribution in [0.15, 0.2) is 41.7 Å². The summed E-state index contributed by atoms with van der Waals surface area (Å²) in [6.45, 7) is 0.454. The number of amides is 1. The zero-order valence-electron chi connectivity index (χ0n) is 17.4. The molecule has 4 rings (SSSR count). The van der Waals surface area contributed by atoms with Gasteiger partial charge in [0.15, 0.2) is 0 Å². The first-order valence-corrected chi connectivity index (χ1v) is 11.7. The minimum Gasteiger partial charge on any atom is -0.395 e. The second-order valence-corrected chi connectivity index (χ2v) is 9.78. The molecule has 0 saturated carbocycles. The average molecular weight is 500 g/mol. The molecule has 0 radical (unpaired) electrons. The first kappa shape index (κ1) is 23.3. The number of hydrogen-bond acceptors (Lipinski definition) is 6. The van der Waals surface area contributed by atoms with Crippen molar-refractivity contribution in [2.45, 2.75) is 43.9 Å². The molecule has 1 aliphatic heterocycles. The van der Waals surface area contributed by atoms with Crippen LogP contribution in [0.1, 0.15) is 28.3 Å². The molecule has 176 valence electrons. The normalized spacial score (nSPS) is 14.7. The van der Waals surface area contributed by atoms with Gasteiger partial charge >= 0.3 is 10.0 Å². The van der Waals surface area contributed by atoms with E-state index in [2.05, 4.69) is 10.2 Å². The second kappa shape index (κ2) is 8.84. The van der Waals surface area contributed by atoms with E-state index in [-0.39, 0.29) is 29.6 Å². The van der Waals surface area contributed by atoms with Gasteiger partial charge in [-0.1, -0.05) is 29.8 Å². The van der Waals surface area contributed by atoms with Crippen molar-refractivity contribution in [3.05, 3.63) is 64.1 Å². The van der Waals surface area contributed by atoms with E-state index in [1.807, 2.05) is 0 Å². The highest BCUT2D eigenvalue weighted by Crippen LogP contribution is 2.30. The molecule has 0 fully saturated rings. The number of alkyl halides is 2. The number of benzene rings is 1. The van der Waals surface area contributed by atoms with Crippen molar-refractivity contribution < 1.29 is 27.1 Å². The molecule has 0 saturated heterocycles. The zero-order chi connectivity index (χ0) is 23.9. The molecule has 1 aliphatic rings.